The van der Waals surface area contributed by atoms with Gasteiger partial charge in [0.15, 0.2) is 9.84 Å². The molecule has 0 spiro atoms. The molecule has 0 aromatic rings. The van der Waals surface area contributed by atoms with Crippen molar-refractivity contribution in [3.63, 3.8) is 0 Å². The molecule has 18 heavy (non-hydrogen) atoms. The molecule has 0 amide bonds. The maximum absolute atomic E-state index is 12.1. The van der Waals surface area contributed by atoms with Crippen LogP contribution in [0.1, 0.15) is 19.8 Å². The van der Waals surface area contributed by atoms with Gasteiger partial charge in [0.1, 0.15) is 0 Å². The highest BCUT2D eigenvalue weighted by atomic mass is 32.2. The number of nitrogens with one attached hydrogen (secondary N) is 1. The number of hydrogen-bond acceptors (Lipinski definition) is 5. The van der Waals surface area contributed by atoms with Crippen molar-refractivity contribution in [3.8, 4) is 0 Å². The molecule has 0 bridgehead atoms. The fourth-order valence-electron chi connectivity index (χ4n) is 2.19. The van der Waals surface area contributed by atoms with Gasteiger partial charge in [-0.25, -0.2) is 8.42 Å². The average Bonchev–Trinajstić information content (AvgIpc) is 2.70. The SMILES string of the molecule is CC1OCCC1S(=O)(=O)CCNCCCN(C)C. The summed E-state index contributed by atoms with van der Waals surface area (Å²) in [4.78, 5) is 2.12. The van der Waals surface area contributed by atoms with E-state index in [1.54, 1.807) is 0 Å². The van der Waals surface area contributed by atoms with E-state index in [-0.39, 0.29) is 17.1 Å². The summed E-state index contributed by atoms with van der Waals surface area (Å²) in [5, 5.41) is 2.88. The maximum Gasteiger partial charge on any atom is 0.157 e. The van der Waals surface area contributed by atoms with E-state index in [4.69, 9.17) is 4.74 Å². The summed E-state index contributed by atoms with van der Waals surface area (Å²) in [5.74, 6) is 0.216. The average molecular weight is 278 g/mol. The first-order chi connectivity index (χ1) is 8.43. The van der Waals surface area contributed by atoms with Crippen molar-refractivity contribution < 1.29 is 13.2 Å². The third-order valence-electron chi connectivity index (χ3n) is 3.29. The Hall–Kier alpha value is -0.170. The van der Waals surface area contributed by atoms with Crippen LogP contribution in [0.5, 0.6) is 0 Å². The fraction of sp³-hybridized carbons (Fsp3) is 1.00. The Bertz CT molecular complexity index is 330. The molecular weight excluding hydrogens is 252 g/mol. The van der Waals surface area contributed by atoms with E-state index in [1.165, 1.54) is 0 Å². The molecule has 0 saturated carbocycles. The molecule has 1 heterocycles. The van der Waals surface area contributed by atoms with Crippen LogP contribution in [0.4, 0.5) is 0 Å². The van der Waals surface area contributed by atoms with Gasteiger partial charge in [-0.15, -0.1) is 0 Å². The molecule has 2 atom stereocenters. The van der Waals surface area contributed by atoms with E-state index in [2.05, 4.69) is 10.2 Å². The van der Waals surface area contributed by atoms with E-state index < -0.39 is 9.84 Å². The molecule has 2 unspecified atom stereocenters. The molecular formula is C12H26N2O3S. The monoisotopic (exact) mass is 278 g/mol. The Morgan fingerprint density at radius 3 is 2.61 bits per heavy atom. The highest BCUT2D eigenvalue weighted by Crippen LogP contribution is 2.21. The fourth-order valence-corrected chi connectivity index (χ4v) is 4.04. The van der Waals surface area contributed by atoms with E-state index in [0.717, 1.165) is 19.5 Å². The molecule has 0 aromatic carbocycles. The smallest absolute Gasteiger partial charge is 0.157 e. The zero-order valence-corrected chi connectivity index (χ0v) is 12.5. The third-order valence-corrected chi connectivity index (χ3v) is 5.60. The van der Waals surface area contributed by atoms with Crippen LogP contribution in [0.15, 0.2) is 0 Å². The molecule has 5 nitrogen and oxygen atoms in total. The lowest BCUT2D eigenvalue weighted by Gasteiger charge is -2.15. The number of hydrogen-bond donors (Lipinski definition) is 1. The lowest BCUT2D eigenvalue weighted by molar-refractivity contribution is 0.126. The summed E-state index contributed by atoms with van der Waals surface area (Å²) < 4.78 is 29.4. The largest absolute Gasteiger partial charge is 0.377 e. The molecule has 1 N–H and O–H groups in total. The Balaban J connectivity index is 2.18. The number of rotatable bonds is 8. The van der Waals surface area contributed by atoms with Crippen molar-refractivity contribution in [1.29, 1.82) is 0 Å². The van der Waals surface area contributed by atoms with Crippen LogP contribution in [-0.4, -0.2) is 70.8 Å². The standard InChI is InChI=1S/C12H26N2O3S/c1-11-12(5-9-17-11)18(15,16)10-7-13-6-4-8-14(2)3/h11-13H,4-10H2,1-3H3. The normalized spacial score (nSPS) is 24.9. The van der Waals surface area contributed by atoms with Crippen LogP contribution in [0, 0.1) is 0 Å². The lowest BCUT2D eigenvalue weighted by Crippen LogP contribution is -2.34. The van der Waals surface area contributed by atoms with Crippen LogP contribution < -0.4 is 5.32 Å². The van der Waals surface area contributed by atoms with Crippen LogP contribution >= 0.6 is 0 Å². The number of sulfone groups is 1. The van der Waals surface area contributed by atoms with Gasteiger partial charge in [0.2, 0.25) is 0 Å². The zero-order valence-electron chi connectivity index (χ0n) is 11.7. The summed E-state index contributed by atoms with van der Waals surface area (Å²) >= 11 is 0. The second-order valence-corrected chi connectivity index (χ2v) is 7.52. The van der Waals surface area contributed by atoms with Gasteiger partial charge in [-0.3, -0.25) is 0 Å². The van der Waals surface area contributed by atoms with Gasteiger partial charge >= 0.3 is 0 Å². The maximum atomic E-state index is 12.1. The molecule has 1 saturated heterocycles. The molecule has 108 valence electrons. The molecule has 1 rings (SSSR count). The van der Waals surface area contributed by atoms with E-state index in [0.29, 0.717) is 19.6 Å². The minimum atomic E-state index is -3.01. The van der Waals surface area contributed by atoms with Crippen molar-refractivity contribution in [2.75, 3.05) is 46.1 Å². The zero-order chi connectivity index (χ0) is 13.6. The van der Waals surface area contributed by atoms with Crippen molar-refractivity contribution in [2.24, 2.45) is 0 Å². The second-order valence-electron chi connectivity index (χ2n) is 5.18. The molecule has 0 radical (unpaired) electrons. The summed E-state index contributed by atoms with van der Waals surface area (Å²) in [6.45, 7) is 4.84. The molecule has 1 aliphatic rings. The number of nitrogens with zero attached hydrogens (tertiary/aromatic N) is 1. The predicted octanol–water partition coefficient (Wildman–Crippen LogP) is 0.120. The minimum absolute atomic E-state index is 0.149. The van der Waals surface area contributed by atoms with Gasteiger partial charge in [-0.05, 0) is 47.0 Å². The first-order valence-electron chi connectivity index (χ1n) is 6.62. The van der Waals surface area contributed by atoms with Gasteiger partial charge in [-0.1, -0.05) is 0 Å². The highest BCUT2D eigenvalue weighted by Gasteiger charge is 2.35. The van der Waals surface area contributed by atoms with Crippen molar-refractivity contribution in [1.82, 2.24) is 10.2 Å². The summed E-state index contributed by atoms with van der Waals surface area (Å²) in [6.07, 6.45) is 1.53. The number of ether oxygens (including phenoxy) is 1. The Morgan fingerprint density at radius 1 is 1.33 bits per heavy atom. The van der Waals surface area contributed by atoms with Gasteiger partial charge in [-0.2, -0.15) is 0 Å². The predicted molar refractivity (Wildman–Crippen MR) is 73.6 cm³/mol. The first-order valence-corrected chi connectivity index (χ1v) is 8.33. The van der Waals surface area contributed by atoms with E-state index in [9.17, 15) is 8.42 Å². The summed E-state index contributed by atoms with van der Waals surface area (Å²) in [7, 11) is 1.06. The Labute approximate surface area is 111 Å². The highest BCUT2D eigenvalue weighted by molar-refractivity contribution is 7.92. The van der Waals surface area contributed by atoms with E-state index >= 15 is 0 Å². The third kappa shape index (κ3) is 5.22. The Kier molecular flexibility index (Phi) is 6.55. The van der Waals surface area contributed by atoms with Crippen molar-refractivity contribution in [2.45, 2.75) is 31.1 Å². The lowest BCUT2D eigenvalue weighted by atomic mass is 10.3. The molecule has 0 aromatic heterocycles. The van der Waals surface area contributed by atoms with Crippen LogP contribution in [-0.2, 0) is 14.6 Å². The quantitative estimate of drug-likeness (QED) is 0.639. The Morgan fingerprint density at radius 2 is 2.06 bits per heavy atom. The summed E-state index contributed by atoms with van der Waals surface area (Å²) in [6, 6.07) is 0. The van der Waals surface area contributed by atoms with Gasteiger partial charge in [0.25, 0.3) is 0 Å². The van der Waals surface area contributed by atoms with Gasteiger partial charge in [0.05, 0.1) is 17.1 Å². The topological polar surface area (TPSA) is 58.6 Å². The minimum Gasteiger partial charge on any atom is -0.377 e. The van der Waals surface area contributed by atoms with E-state index in [1.807, 2.05) is 21.0 Å². The van der Waals surface area contributed by atoms with Crippen LogP contribution in [0.25, 0.3) is 0 Å². The van der Waals surface area contributed by atoms with Gasteiger partial charge in [0, 0.05) is 13.2 Å². The summed E-state index contributed by atoms with van der Waals surface area (Å²) in [5.41, 5.74) is 0. The van der Waals surface area contributed by atoms with Crippen molar-refractivity contribution in [3.05, 3.63) is 0 Å². The van der Waals surface area contributed by atoms with Crippen molar-refractivity contribution >= 4 is 9.84 Å². The second kappa shape index (κ2) is 7.43. The molecule has 1 aliphatic heterocycles. The molecule has 1 fully saturated rings. The first kappa shape index (κ1) is 15.9. The van der Waals surface area contributed by atoms with Gasteiger partial charge < -0.3 is 15.0 Å². The molecule has 6 heteroatoms. The van der Waals surface area contributed by atoms with Crippen LogP contribution in [0.3, 0.4) is 0 Å². The van der Waals surface area contributed by atoms with Crippen LogP contribution in [0.2, 0.25) is 0 Å². The molecule has 0 aliphatic carbocycles.